The fraction of sp³-hybridized carbons (Fsp3) is 0.250. The number of nitrogens with zero attached hydrogens (tertiary/aromatic N) is 2. The quantitative estimate of drug-likeness (QED) is 0.421. The second kappa shape index (κ2) is 13.4. The monoisotopic (exact) mass is 540 g/mol. The smallest absolute Gasteiger partial charge is 0.490 e. The van der Waals surface area contributed by atoms with Crippen molar-refractivity contribution in [2.24, 2.45) is 0 Å². The van der Waals surface area contributed by atoms with Gasteiger partial charge in [0.1, 0.15) is 5.75 Å². The van der Waals surface area contributed by atoms with Crippen LogP contribution in [0.15, 0.2) is 66.7 Å². The summed E-state index contributed by atoms with van der Waals surface area (Å²) in [4.78, 5) is 23.8. The van der Waals surface area contributed by atoms with Crippen molar-refractivity contribution in [3.05, 3.63) is 83.4 Å². The molecule has 0 radical (unpaired) electrons. The Labute approximate surface area is 223 Å². The molecular formula is C28H27F3N4O4. The summed E-state index contributed by atoms with van der Waals surface area (Å²) in [6.45, 7) is 4.93. The van der Waals surface area contributed by atoms with Crippen molar-refractivity contribution in [2.75, 3.05) is 38.6 Å². The van der Waals surface area contributed by atoms with Gasteiger partial charge in [0.05, 0.1) is 18.7 Å². The number of hydrogen-bond acceptors (Lipinski definition) is 6. The topological polar surface area (TPSA) is 115 Å². The summed E-state index contributed by atoms with van der Waals surface area (Å²) in [7, 11) is 1.71. The molecule has 1 amide bonds. The molecule has 1 fully saturated rings. The van der Waals surface area contributed by atoms with E-state index in [-0.39, 0.29) is 5.91 Å². The van der Waals surface area contributed by atoms with Gasteiger partial charge in [-0.1, -0.05) is 24.3 Å². The molecule has 1 heterocycles. The van der Waals surface area contributed by atoms with Gasteiger partial charge < -0.3 is 20.5 Å². The van der Waals surface area contributed by atoms with Crippen molar-refractivity contribution < 1.29 is 32.6 Å². The summed E-state index contributed by atoms with van der Waals surface area (Å²) in [5.41, 5.74) is 4.97. The molecule has 0 aliphatic carbocycles. The lowest BCUT2D eigenvalue weighted by Gasteiger charge is -2.28. The fourth-order valence-corrected chi connectivity index (χ4v) is 3.87. The van der Waals surface area contributed by atoms with Gasteiger partial charge in [-0.25, -0.2) is 4.79 Å². The number of alkyl halides is 3. The Balaban J connectivity index is 0.000000532. The summed E-state index contributed by atoms with van der Waals surface area (Å²) in [6, 6.07) is 22.8. The SMILES string of the molecule is COc1ccc(-c2ccc(NC(=O)c3cccc(C#N)c3)cc2)cc1CN1CCNCC1.O=C(O)C(F)(F)F. The van der Waals surface area contributed by atoms with Crippen LogP contribution in [0.1, 0.15) is 21.5 Å². The Morgan fingerprint density at radius 3 is 2.28 bits per heavy atom. The minimum absolute atomic E-state index is 0.238. The summed E-state index contributed by atoms with van der Waals surface area (Å²) in [5.74, 6) is -2.10. The molecule has 0 saturated carbocycles. The Bertz CT molecular complexity index is 1330. The molecule has 3 aromatic rings. The molecule has 204 valence electrons. The van der Waals surface area contributed by atoms with Crippen molar-refractivity contribution >= 4 is 17.6 Å². The van der Waals surface area contributed by atoms with Crippen LogP contribution in [0.25, 0.3) is 11.1 Å². The first-order valence-corrected chi connectivity index (χ1v) is 11.9. The van der Waals surface area contributed by atoms with E-state index < -0.39 is 12.1 Å². The highest BCUT2D eigenvalue weighted by molar-refractivity contribution is 6.04. The van der Waals surface area contributed by atoms with Crippen molar-refractivity contribution in [1.82, 2.24) is 10.2 Å². The molecule has 0 spiro atoms. The Morgan fingerprint density at radius 1 is 1.05 bits per heavy atom. The standard InChI is InChI=1S/C26H26N4O2.C2HF3O2/c1-32-25-10-7-21(16-23(25)18-30-13-11-28-12-14-30)20-5-8-24(9-6-20)29-26(31)22-4-2-3-19(15-22)17-27;3-2(4,5)1(6)7/h2-10,15-16,28H,11-14,18H2,1H3,(H,29,31);(H,6,7). The number of hydrogen-bond donors (Lipinski definition) is 3. The fourth-order valence-electron chi connectivity index (χ4n) is 3.87. The van der Waals surface area contributed by atoms with Crippen LogP contribution in [0.2, 0.25) is 0 Å². The first kappa shape index (κ1) is 29.2. The van der Waals surface area contributed by atoms with Crippen LogP contribution in [-0.2, 0) is 11.3 Å². The number of piperazine rings is 1. The summed E-state index contributed by atoms with van der Waals surface area (Å²) in [6.07, 6.45) is -5.08. The van der Waals surface area contributed by atoms with Gasteiger partial charge in [-0.2, -0.15) is 18.4 Å². The zero-order valence-corrected chi connectivity index (χ0v) is 21.1. The van der Waals surface area contributed by atoms with Gasteiger partial charge in [0.25, 0.3) is 5.91 Å². The van der Waals surface area contributed by atoms with E-state index in [1.165, 1.54) is 5.56 Å². The van der Waals surface area contributed by atoms with Gasteiger partial charge in [-0.15, -0.1) is 0 Å². The number of carboxylic acids is 1. The van der Waals surface area contributed by atoms with Gasteiger partial charge in [-0.05, 0) is 53.6 Å². The van der Waals surface area contributed by atoms with Crippen LogP contribution in [0, 0.1) is 11.3 Å². The van der Waals surface area contributed by atoms with Crippen LogP contribution >= 0.6 is 0 Å². The van der Waals surface area contributed by atoms with Gasteiger partial charge in [0, 0.05) is 49.5 Å². The van der Waals surface area contributed by atoms with E-state index in [0.29, 0.717) is 16.8 Å². The zero-order valence-electron chi connectivity index (χ0n) is 21.1. The van der Waals surface area contributed by atoms with Crippen LogP contribution < -0.4 is 15.4 Å². The Hall–Kier alpha value is -4.40. The third-order valence-electron chi connectivity index (χ3n) is 5.86. The number of benzene rings is 3. The number of methoxy groups -OCH3 is 1. The maximum atomic E-state index is 12.5. The van der Waals surface area contributed by atoms with E-state index in [0.717, 1.165) is 49.6 Å². The van der Waals surface area contributed by atoms with Crippen molar-refractivity contribution in [2.45, 2.75) is 12.7 Å². The minimum Gasteiger partial charge on any atom is -0.496 e. The first-order valence-electron chi connectivity index (χ1n) is 11.9. The van der Waals surface area contributed by atoms with E-state index in [9.17, 15) is 18.0 Å². The molecule has 0 atom stereocenters. The number of nitriles is 1. The molecule has 0 bridgehead atoms. The lowest BCUT2D eigenvalue weighted by molar-refractivity contribution is -0.192. The van der Waals surface area contributed by atoms with E-state index >= 15 is 0 Å². The number of amides is 1. The summed E-state index contributed by atoms with van der Waals surface area (Å²) < 4.78 is 37.3. The van der Waals surface area contributed by atoms with Crippen molar-refractivity contribution in [1.29, 1.82) is 5.26 Å². The largest absolute Gasteiger partial charge is 0.496 e. The number of carbonyl (C=O) groups excluding carboxylic acids is 1. The normalized spacial score (nSPS) is 13.4. The number of rotatable bonds is 6. The number of nitrogens with one attached hydrogen (secondary N) is 2. The number of aliphatic carboxylic acids is 1. The predicted octanol–water partition coefficient (Wildman–Crippen LogP) is 4.52. The second-order valence-electron chi connectivity index (χ2n) is 8.58. The Morgan fingerprint density at radius 2 is 1.69 bits per heavy atom. The highest BCUT2D eigenvalue weighted by Gasteiger charge is 2.38. The maximum Gasteiger partial charge on any atom is 0.490 e. The predicted molar refractivity (Wildman–Crippen MR) is 139 cm³/mol. The molecule has 4 rings (SSSR count). The summed E-state index contributed by atoms with van der Waals surface area (Å²) >= 11 is 0. The van der Waals surface area contributed by atoms with E-state index in [1.54, 1.807) is 31.4 Å². The molecule has 1 aliphatic rings. The second-order valence-corrected chi connectivity index (χ2v) is 8.58. The van der Waals surface area contributed by atoms with Crippen LogP contribution in [0.5, 0.6) is 5.75 Å². The van der Waals surface area contributed by atoms with Crippen molar-refractivity contribution in [3.63, 3.8) is 0 Å². The molecule has 11 heteroatoms. The van der Waals surface area contributed by atoms with E-state index in [4.69, 9.17) is 19.9 Å². The van der Waals surface area contributed by atoms with E-state index in [1.807, 2.05) is 30.3 Å². The van der Waals surface area contributed by atoms with Crippen LogP contribution in [0.4, 0.5) is 18.9 Å². The molecule has 0 aromatic heterocycles. The summed E-state index contributed by atoms with van der Waals surface area (Å²) in [5, 5.41) is 22.4. The Kier molecular flexibility index (Phi) is 10.0. The average Bonchev–Trinajstić information content (AvgIpc) is 2.94. The molecular weight excluding hydrogens is 513 g/mol. The minimum atomic E-state index is -5.08. The number of ether oxygens (including phenoxy) is 1. The maximum absolute atomic E-state index is 12.5. The lowest BCUT2D eigenvalue weighted by atomic mass is 10.0. The molecule has 3 N–H and O–H groups in total. The molecule has 1 aliphatic heterocycles. The molecule has 0 unspecified atom stereocenters. The van der Waals surface area contributed by atoms with Gasteiger partial charge in [-0.3, -0.25) is 9.69 Å². The van der Waals surface area contributed by atoms with Crippen LogP contribution in [0.3, 0.4) is 0 Å². The number of halogens is 3. The number of carboxylic acid groups (broad SMARTS) is 1. The zero-order chi connectivity index (χ0) is 28.4. The molecule has 3 aromatic carbocycles. The molecule has 1 saturated heterocycles. The number of anilines is 1. The van der Waals surface area contributed by atoms with E-state index in [2.05, 4.69) is 33.7 Å². The lowest BCUT2D eigenvalue weighted by Crippen LogP contribution is -2.42. The average molecular weight is 541 g/mol. The highest BCUT2D eigenvalue weighted by atomic mass is 19.4. The highest BCUT2D eigenvalue weighted by Crippen LogP contribution is 2.29. The van der Waals surface area contributed by atoms with Gasteiger partial charge >= 0.3 is 12.1 Å². The van der Waals surface area contributed by atoms with Crippen molar-refractivity contribution in [3.8, 4) is 22.9 Å². The van der Waals surface area contributed by atoms with Gasteiger partial charge in [0.15, 0.2) is 0 Å². The number of carbonyl (C=O) groups is 2. The molecule has 39 heavy (non-hydrogen) atoms. The third kappa shape index (κ3) is 8.56. The van der Waals surface area contributed by atoms with Crippen LogP contribution in [-0.4, -0.2) is 61.3 Å². The first-order chi connectivity index (χ1) is 18.6. The third-order valence-corrected chi connectivity index (χ3v) is 5.86. The van der Waals surface area contributed by atoms with Gasteiger partial charge in [0.2, 0.25) is 0 Å². The molecule has 8 nitrogen and oxygen atoms in total.